The van der Waals surface area contributed by atoms with Gasteiger partial charge in [-0.2, -0.15) is 0 Å². The molecule has 0 aliphatic rings. The maximum Gasteiger partial charge on any atom is 0.169 e. The molecule has 0 saturated heterocycles. The lowest BCUT2D eigenvalue weighted by Gasteiger charge is -2.00. The minimum absolute atomic E-state index is 0.150. The third-order valence-corrected chi connectivity index (χ3v) is 3.61. The number of hydrogen-bond acceptors (Lipinski definition) is 1. The summed E-state index contributed by atoms with van der Waals surface area (Å²) in [7, 11) is 0. The number of ketones is 1. The van der Waals surface area contributed by atoms with Crippen LogP contribution >= 0.6 is 0 Å². The van der Waals surface area contributed by atoms with E-state index in [1.807, 2.05) is 73.7 Å². The van der Waals surface area contributed by atoms with Gasteiger partial charge >= 0.3 is 0 Å². The van der Waals surface area contributed by atoms with Gasteiger partial charge in [-0.25, -0.2) is 0 Å². The van der Waals surface area contributed by atoms with Gasteiger partial charge in [-0.1, -0.05) is 60.7 Å². The van der Waals surface area contributed by atoms with Crippen molar-refractivity contribution in [3.8, 4) is 11.3 Å². The van der Waals surface area contributed by atoms with Gasteiger partial charge in [0.2, 0.25) is 0 Å². The zero-order chi connectivity index (χ0) is 14.7. The number of rotatable bonds is 4. The van der Waals surface area contributed by atoms with Gasteiger partial charge in [0.25, 0.3) is 0 Å². The third kappa shape index (κ3) is 2.95. The summed E-state index contributed by atoms with van der Waals surface area (Å²) in [6.45, 7) is 1.95. The molecule has 0 atom stereocenters. The van der Waals surface area contributed by atoms with Crippen LogP contribution in [-0.4, -0.2) is 10.8 Å². The van der Waals surface area contributed by atoms with Crippen molar-refractivity contribution in [2.75, 3.05) is 0 Å². The molecule has 104 valence electrons. The second-order valence-corrected chi connectivity index (χ2v) is 5.17. The summed E-state index contributed by atoms with van der Waals surface area (Å²) in [5.41, 5.74) is 4.83. The highest BCUT2D eigenvalue weighted by Gasteiger charge is 2.13. The molecule has 2 heteroatoms. The molecule has 21 heavy (non-hydrogen) atoms. The zero-order valence-corrected chi connectivity index (χ0v) is 12.0. The molecule has 0 unspecified atom stereocenters. The van der Waals surface area contributed by atoms with Crippen molar-refractivity contribution in [3.63, 3.8) is 0 Å². The molecule has 0 bridgehead atoms. The van der Waals surface area contributed by atoms with Crippen molar-refractivity contribution in [3.05, 3.63) is 83.6 Å². The van der Waals surface area contributed by atoms with E-state index in [2.05, 4.69) is 4.98 Å². The predicted octanol–water partition coefficient (Wildman–Crippen LogP) is 4.42. The first kappa shape index (κ1) is 13.4. The van der Waals surface area contributed by atoms with Gasteiger partial charge in [-0.05, 0) is 24.1 Å². The van der Waals surface area contributed by atoms with Crippen LogP contribution in [0, 0.1) is 6.92 Å². The number of Topliss-reactive ketones (excluding diaryl/α,β-unsaturated/α-hetero) is 1. The second kappa shape index (κ2) is 5.80. The monoisotopic (exact) mass is 275 g/mol. The number of benzene rings is 2. The number of aromatic nitrogens is 1. The molecule has 2 nitrogen and oxygen atoms in total. The molecule has 0 fully saturated rings. The van der Waals surface area contributed by atoms with E-state index in [4.69, 9.17) is 0 Å². The molecule has 0 spiro atoms. The molecule has 3 rings (SSSR count). The number of carbonyl (C=O) groups is 1. The Kier molecular flexibility index (Phi) is 3.69. The van der Waals surface area contributed by atoms with Crippen LogP contribution in [0.1, 0.15) is 21.6 Å². The van der Waals surface area contributed by atoms with E-state index >= 15 is 0 Å². The molecule has 0 aliphatic heterocycles. The van der Waals surface area contributed by atoms with Crippen molar-refractivity contribution >= 4 is 5.78 Å². The number of H-pyrrole nitrogens is 1. The fourth-order valence-corrected chi connectivity index (χ4v) is 2.50. The van der Waals surface area contributed by atoms with Crippen LogP contribution in [0.2, 0.25) is 0 Å². The maximum absolute atomic E-state index is 12.5. The summed E-state index contributed by atoms with van der Waals surface area (Å²) in [5.74, 6) is 0.150. The SMILES string of the molecule is Cc1[nH]c(-c2ccccc2)cc1C(=O)Cc1ccccc1. The van der Waals surface area contributed by atoms with Gasteiger partial charge in [0.1, 0.15) is 0 Å². The van der Waals surface area contributed by atoms with E-state index in [0.29, 0.717) is 6.42 Å². The van der Waals surface area contributed by atoms with E-state index in [1.54, 1.807) is 0 Å². The Bertz CT molecular complexity index is 742. The number of carbonyl (C=O) groups excluding carboxylic acids is 1. The zero-order valence-electron chi connectivity index (χ0n) is 12.0. The van der Waals surface area contributed by atoms with Gasteiger partial charge in [0.05, 0.1) is 0 Å². The molecule has 1 aromatic heterocycles. The summed E-state index contributed by atoms with van der Waals surface area (Å²) < 4.78 is 0. The van der Waals surface area contributed by atoms with E-state index in [9.17, 15) is 4.79 Å². The van der Waals surface area contributed by atoms with Crippen molar-refractivity contribution in [1.29, 1.82) is 0 Å². The molecule has 0 radical (unpaired) electrons. The Labute approximate surface area is 124 Å². The number of aryl methyl sites for hydroxylation is 1. The smallest absolute Gasteiger partial charge is 0.169 e. The second-order valence-electron chi connectivity index (χ2n) is 5.17. The van der Waals surface area contributed by atoms with Crippen molar-refractivity contribution in [2.24, 2.45) is 0 Å². The van der Waals surface area contributed by atoms with E-state index < -0.39 is 0 Å². The first-order chi connectivity index (χ1) is 10.2. The summed E-state index contributed by atoms with van der Waals surface area (Å²) in [6.07, 6.45) is 0.438. The summed E-state index contributed by atoms with van der Waals surface area (Å²) in [6, 6.07) is 21.9. The fourth-order valence-electron chi connectivity index (χ4n) is 2.50. The van der Waals surface area contributed by atoms with Crippen molar-refractivity contribution in [2.45, 2.75) is 13.3 Å². The highest BCUT2D eigenvalue weighted by Crippen LogP contribution is 2.22. The van der Waals surface area contributed by atoms with Crippen molar-refractivity contribution < 1.29 is 4.79 Å². The van der Waals surface area contributed by atoms with Crippen LogP contribution < -0.4 is 0 Å². The van der Waals surface area contributed by atoms with E-state index in [-0.39, 0.29) is 5.78 Å². The van der Waals surface area contributed by atoms with Crippen LogP contribution in [0.3, 0.4) is 0 Å². The first-order valence-electron chi connectivity index (χ1n) is 7.06. The summed E-state index contributed by atoms with van der Waals surface area (Å²) in [4.78, 5) is 15.8. The average molecular weight is 275 g/mol. The minimum Gasteiger partial charge on any atom is -0.358 e. The third-order valence-electron chi connectivity index (χ3n) is 3.61. The molecule has 0 aliphatic carbocycles. The Morgan fingerprint density at radius 1 is 0.952 bits per heavy atom. The average Bonchev–Trinajstić information content (AvgIpc) is 2.91. The van der Waals surface area contributed by atoms with Gasteiger partial charge < -0.3 is 4.98 Å². The topological polar surface area (TPSA) is 32.9 Å². The van der Waals surface area contributed by atoms with Crippen molar-refractivity contribution in [1.82, 2.24) is 4.98 Å². The Morgan fingerprint density at radius 2 is 1.57 bits per heavy atom. The molecule has 2 aromatic carbocycles. The lowest BCUT2D eigenvalue weighted by Crippen LogP contribution is -2.03. The highest BCUT2D eigenvalue weighted by molar-refractivity contribution is 5.99. The lowest BCUT2D eigenvalue weighted by atomic mass is 10.0. The largest absolute Gasteiger partial charge is 0.358 e. The predicted molar refractivity (Wildman–Crippen MR) is 85.4 cm³/mol. The van der Waals surface area contributed by atoms with E-state index in [0.717, 1.165) is 28.1 Å². The molecular formula is C19H17NO. The van der Waals surface area contributed by atoms with Gasteiger partial charge in [0.15, 0.2) is 5.78 Å². The Balaban J connectivity index is 1.86. The number of nitrogens with one attached hydrogen (secondary N) is 1. The normalized spacial score (nSPS) is 10.5. The van der Waals surface area contributed by atoms with Gasteiger partial charge in [-0.15, -0.1) is 0 Å². The first-order valence-corrected chi connectivity index (χ1v) is 7.06. The molecule has 1 N–H and O–H groups in total. The molecule has 1 heterocycles. The Morgan fingerprint density at radius 3 is 2.24 bits per heavy atom. The molecule has 0 amide bonds. The van der Waals surface area contributed by atoms with Gasteiger partial charge in [0, 0.05) is 23.4 Å². The molecule has 0 saturated carbocycles. The molecule has 3 aromatic rings. The number of aromatic amines is 1. The van der Waals surface area contributed by atoms with Crippen LogP contribution in [0.15, 0.2) is 66.7 Å². The van der Waals surface area contributed by atoms with Gasteiger partial charge in [-0.3, -0.25) is 4.79 Å². The lowest BCUT2D eigenvalue weighted by molar-refractivity contribution is 0.0992. The number of hydrogen-bond donors (Lipinski definition) is 1. The standard InChI is InChI=1S/C19H17NO/c1-14-17(19(21)12-15-8-4-2-5-9-15)13-18(20-14)16-10-6-3-7-11-16/h2-11,13,20H,12H2,1H3. The summed E-state index contributed by atoms with van der Waals surface area (Å²) in [5, 5.41) is 0. The van der Waals surface area contributed by atoms with Crippen LogP contribution in [0.4, 0.5) is 0 Å². The maximum atomic E-state index is 12.5. The van der Waals surface area contributed by atoms with Crippen LogP contribution in [-0.2, 0) is 6.42 Å². The van der Waals surface area contributed by atoms with E-state index in [1.165, 1.54) is 0 Å². The minimum atomic E-state index is 0.150. The molecular weight excluding hydrogens is 258 g/mol. The van der Waals surface area contributed by atoms with Crippen LogP contribution in [0.5, 0.6) is 0 Å². The van der Waals surface area contributed by atoms with Crippen LogP contribution in [0.25, 0.3) is 11.3 Å². The quantitative estimate of drug-likeness (QED) is 0.703. The Hall–Kier alpha value is -2.61. The summed E-state index contributed by atoms with van der Waals surface area (Å²) >= 11 is 0. The fraction of sp³-hybridized carbons (Fsp3) is 0.105. The highest BCUT2D eigenvalue weighted by atomic mass is 16.1.